The highest BCUT2D eigenvalue weighted by molar-refractivity contribution is 5.94. The van der Waals surface area contributed by atoms with Crippen molar-refractivity contribution >= 4 is 11.7 Å². The average Bonchev–Trinajstić information content (AvgIpc) is 2.48. The van der Waals surface area contributed by atoms with Gasteiger partial charge in [-0.2, -0.15) is 0 Å². The number of hydrogen-bond donors (Lipinski definition) is 2. The summed E-state index contributed by atoms with van der Waals surface area (Å²) in [6, 6.07) is 7.08. The van der Waals surface area contributed by atoms with Crippen molar-refractivity contribution in [2.45, 2.75) is 26.3 Å². The largest absolute Gasteiger partial charge is 0.484 e. The minimum atomic E-state index is -0.123. The molecule has 21 heavy (non-hydrogen) atoms. The Morgan fingerprint density at radius 1 is 1.43 bits per heavy atom. The van der Waals surface area contributed by atoms with Crippen LogP contribution < -0.4 is 15.4 Å². The van der Waals surface area contributed by atoms with Crippen LogP contribution >= 0.6 is 0 Å². The van der Waals surface area contributed by atoms with Crippen LogP contribution in [0.25, 0.3) is 0 Å². The summed E-state index contributed by atoms with van der Waals surface area (Å²) in [5.74, 6) is 0.815. The molecule has 0 bridgehead atoms. The fourth-order valence-corrected chi connectivity index (χ4v) is 2.43. The van der Waals surface area contributed by atoms with E-state index in [-0.39, 0.29) is 24.3 Å². The van der Waals surface area contributed by atoms with Gasteiger partial charge in [-0.15, -0.1) is 0 Å². The first-order valence-electron chi connectivity index (χ1n) is 7.30. The van der Waals surface area contributed by atoms with Crippen LogP contribution in [0.2, 0.25) is 0 Å². The lowest BCUT2D eigenvalue weighted by Crippen LogP contribution is -2.49. The van der Waals surface area contributed by atoms with E-state index in [0.717, 1.165) is 19.5 Å². The molecule has 2 N–H and O–H groups in total. The first kappa shape index (κ1) is 15.5. The van der Waals surface area contributed by atoms with Crippen LogP contribution in [0.5, 0.6) is 5.75 Å². The zero-order valence-electron chi connectivity index (χ0n) is 12.5. The van der Waals surface area contributed by atoms with E-state index in [1.54, 1.807) is 24.3 Å². The number of Topliss-reactive ketones (excluding diaryl/α,β-unsaturated/α-hetero) is 1. The predicted octanol–water partition coefficient (Wildman–Crippen LogP) is 1.38. The molecule has 1 aliphatic rings. The van der Waals surface area contributed by atoms with Crippen LogP contribution in [0.3, 0.4) is 0 Å². The van der Waals surface area contributed by atoms with Gasteiger partial charge in [-0.3, -0.25) is 9.59 Å². The highest BCUT2D eigenvalue weighted by Crippen LogP contribution is 2.14. The Morgan fingerprint density at radius 2 is 2.24 bits per heavy atom. The minimum absolute atomic E-state index is 0.0200. The topological polar surface area (TPSA) is 67.4 Å². The average molecular weight is 290 g/mol. The Kier molecular flexibility index (Phi) is 5.33. The molecule has 2 unspecified atom stereocenters. The Labute approximate surface area is 125 Å². The molecule has 2 atom stereocenters. The molecule has 2 rings (SSSR count). The summed E-state index contributed by atoms with van der Waals surface area (Å²) in [5.41, 5.74) is 0.583. The summed E-state index contributed by atoms with van der Waals surface area (Å²) in [7, 11) is 0. The third kappa shape index (κ3) is 4.56. The second kappa shape index (κ2) is 7.22. The summed E-state index contributed by atoms with van der Waals surface area (Å²) in [4.78, 5) is 23.2. The number of carbonyl (C=O) groups excluding carboxylic acids is 2. The third-order valence-corrected chi connectivity index (χ3v) is 3.74. The number of piperidine rings is 1. The molecule has 1 amide bonds. The van der Waals surface area contributed by atoms with Gasteiger partial charge >= 0.3 is 0 Å². The Bertz CT molecular complexity index is 516. The van der Waals surface area contributed by atoms with Gasteiger partial charge in [0, 0.05) is 11.6 Å². The van der Waals surface area contributed by atoms with Crippen LogP contribution in [0.1, 0.15) is 30.6 Å². The highest BCUT2D eigenvalue weighted by atomic mass is 16.5. The number of amides is 1. The monoisotopic (exact) mass is 290 g/mol. The standard InChI is InChI=1S/C16H22N2O3/c1-11-9-17-7-6-15(11)18-16(20)10-21-14-5-3-4-13(8-14)12(2)19/h3-5,8,11,15,17H,6-7,9-10H2,1-2H3,(H,18,20). The highest BCUT2D eigenvalue weighted by Gasteiger charge is 2.22. The van der Waals surface area contributed by atoms with Crippen LogP contribution in [-0.2, 0) is 4.79 Å². The molecule has 0 aliphatic carbocycles. The molecule has 0 aromatic heterocycles. The number of nitrogens with one attached hydrogen (secondary N) is 2. The fraction of sp³-hybridized carbons (Fsp3) is 0.500. The molecular weight excluding hydrogens is 268 g/mol. The van der Waals surface area contributed by atoms with Gasteiger partial charge in [-0.05, 0) is 44.5 Å². The second-order valence-electron chi connectivity index (χ2n) is 5.52. The van der Waals surface area contributed by atoms with Crippen molar-refractivity contribution in [3.05, 3.63) is 29.8 Å². The van der Waals surface area contributed by atoms with E-state index in [1.807, 2.05) is 0 Å². The molecule has 5 nitrogen and oxygen atoms in total. The van der Waals surface area contributed by atoms with E-state index < -0.39 is 0 Å². The minimum Gasteiger partial charge on any atom is -0.484 e. The van der Waals surface area contributed by atoms with Crippen molar-refractivity contribution in [3.8, 4) is 5.75 Å². The van der Waals surface area contributed by atoms with Gasteiger partial charge in [0.25, 0.3) is 5.91 Å². The normalized spacial score (nSPS) is 21.6. The van der Waals surface area contributed by atoms with Gasteiger partial charge in [-0.1, -0.05) is 19.1 Å². The lowest BCUT2D eigenvalue weighted by Gasteiger charge is -2.30. The van der Waals surface area contributed by atoms with Gasteiger partial charge in [0.15, 0.2) is 12.4 Å². The number of ether oxygens (including phenoxy) is 1. The molecule has 1 aromatic carbocycles. The van der Waals surface area contributed by atoms with E-state index in [4.69, 9.17) is 4.74 Å². The number of rotatable bonds is 5. The molecular formula is C16H22N2O3. The summed E-state index contributed by atoms with van der Waals surface area (Å²) in [5, 5.41) is 6.30. The van der Waals surface area contributed by atoms with Crippen LogP contribution in [0.15, 0.2) is 24.3 Å². The maximum atomic E-state index is 11.9. The molecule has 1 saturated heterocycles. The lowest BCUT2D eigenvalue weighted by atomic mass is 9.95. The van der Waals surface area contributed by atoms with E-state index in [1.165, 1.54) is 6.92 Å². The number of benzene rings is 1. The summed E-state index contributed by atoms with van der Waals surface area (Å²) >= 11 is 0. The van der Waals surface area contributed by atoms with Gasteiger partial charge in [-0.25, -0.2) is 0 Å². The fourth-order valence-electron chi connectivity index (χ4n) is 2.43. The van der Waals surface area contributed by atoms with Gasteiger partial charge in [0.1, 0.15) is 5.75 Å². The summed E-state index contributed by atoms with van der Waals surface area (Å²) in [6.45, 7) is 5.44. The second-order valence-corrected chi connectivity index (χ2v) is 5.52. The molecule has 1 aromatic rings. The maximum Gasteiger partial charge on any atom is 0.258 e. The first-order chi connectivity index (χ1) is 10.1. The zero-order chi connectivity index (χ0) is 15.2. The van der Waals surface area contributed by atoms with Crippen LogP contribution in [0, 0.1) is 5.92 Å². The van der Waals surface area contributed by atoms with Gasteiger partial charge in [0.05, 0.1) is 0 Å². The lowest BCUT2D eigenvalue weighted by molar-refractivity contribution is -0.124. The Hall–Kier alpha value is -1.88. The zero-order valence-corrected chi connectivity index (χ0v) is 12.5. The quantitative estimate of drug-likeness (QED) is 0.804. The van der Waals surface area contributed by atoms with Gasteiger partial charge in [0.2, 0.25) is 0 Å². The Balaban J connectivity index is 1.83. The molecule has 1 fully saturated rings. The molecule has 1 aliphatic heterocycles. The van der Waals surface area contributed by atoms with Crippen LogP contribution in [-0.4, -0.2) is 37.4 Å². The molecule has 0 spiro atoms. The first-order valence-corrected chi connectivity index (χ1v) is 7.30. The summed E-state index contributed by atoms with van der Waals surface area (Å²) in [6.07, 6.45) is 0.937. The van der Waals surface area contributed by atoms with Crippen molar-refractivity contribution in [2.75, 3.05) is 19.7 Å². The van der Waals surface area contributed by atoms with Crippen molar-refractivity contribution in [1.82, 2.24) is 10.6 Å². The van der Waals surface area contributed by atoms with Crippen LogP contribution in [0.4, 0.5) is 0 Å². The number of carbonyl (C=O) groups is 2. The molecule has 0 saturated carbocycles. The molecule has 114 valence electrons. The van der Waals surface area contributed by atoms with Gasteiger partial charge < -0.3 is 15.4 Å². The third-order valence-electron chi connectivity index (χ3n) is 3.74. The number of ketones is 1. The number of hydrogen-bond acceptors (Lipinski definition) is 4. The van der Waals surface area contributed by atoms with Crippen molar-refractivity contribution < 1.29 is 14.3 Å². The molecule has 1 heterocycles. The van der Waals surface area contributed by atoms with Crippen molar-refractivity contribution in [1.29, 1.82) is 0 Å². The predicted molar refractivity (Wildman–Crippen MR) is 80.5 cm³/mol. The molecule has 5 heteroatoms. The van der Waals surface area contributed by atoms with E-state index in [0.29, 0.717) is 17.2 Å². The maximum absolute atomic E-state index is 11.9. The molecule has 0 radical (unpaired) electrons. The Morgan fingerprint density at radius 3 is 2.95 bits per heavy atom. The van der Waals surface area contributed by atoms with E-state index in [2.05, 4.69) is 17.6 Å². The van der Waals surface area contributed by atoms with Crippen molar-refractivity contribution in [3.63, 3.8) is 0 Å². The summed E-state index contributed by atoms with van der Waals surface area (Å²) < 4.78 is 5.46. The van der Waals surface area contributed by atoms with Crippen molar-refractivity contribution in [2.24, 2.45) is 5.92 Å². The smallest absolute Gasteiger partial charge is 0.258 e. The van der Waals surface area contributed by atoms with E-state index >= 15 is 0 Å². The van der Waals surface area contributed by atoms with E-state index in [9.17, 15) is 9.59 Å². The SMILES string of the molecule is CC(=O)c1cccc(OCC(=O)NC2CCNCC2C)c1.